The van der Waals surface area contributed by atoms with Gasteiger partial charge in [-0.3, -0.25) is 0 Å². The summed E-state index contributed by atoms with van der Waals surface area (Å²) in [6.07, 6.45) is 0. The minimum Gasteiger partial charge on any atom is -1.00 e. The summed E-state index contributed by atoms with van der Waals surface area (Å²) < 4.78 is 0. The fourth-order valence-corrected chi connectivity index (χ4v) is 0.747. The summed E-state index contributed by atoms with van der Waals surface area (Å²) >= 11 is 0. The van der Waals surface area contributed by atoms with Crippen molar-refractivity contribution < 1.29 is 51.1 Å². The van der Waals surface area contributed by atoms with Gasteiger partial charge >= 0.3 is 35.5 Å². The van der Waals surface area contributed by atoms with Crippen molar-refractivity contribution in [2.75, 3.05) is 0 Å². The molecule has 0 atom stereocenters. The van der Waals surface area contributed by atoms with Crippen molar-refractivity contribution in [3.05, 3.63) is 23.8 Å². The van der Waals surface area contributed by atoms with Crippen LogP contribution in [-0.4, -0.2) is 21.3 Å². The van der Waals surface area contributed by atoms with Gasteiger partial charge in [0.15, 0.2) is 0 Å². The predicted octanol–water partition coefficient (Wildman–Crippen LogP) is -2.09. The van der Waals surface area contributed by atoms with Gasteiger partial charge in [-0.15, -0.1) is 0 Å². The first-order chi connectivity index (χ1) is 5.13. The van der Waals surface area contributed by atoms with Gasteiger partial charge in [0, 0.05) is 0 Å². The molecule has 0 radical (unpaired) electrons. The van der Waals surface area contributed by atoms with E-state index >= 15 is 0 Å². The number of aromatic hydroxyl groups is 2. The second-order valence-corrected chi connectivity index (χ2v) is 1.98. The molecule has 3 N–H and O–H groups in total. The van der Waals surface area contributed by atoms with Crippen LogP contribution in [0.3, 0.4) is 0 Å². The third-order valence-electron chi connectivity index (χ3n) is 1.23. The Balaban J connectivity index is 0. The molecule has 60 valence electrons. The first-order valence-corrected chi connectivity index (χ1v) is 2.87. The Kier molecular flexibility index (Phi) is 4.09. The second-order valence-electron chi connectivity index (χ2n) is 1.98. The maximum atomic E-state index is 10.3. The second kappa shape index (κ2) is 4.35. The molecule has 5 heteroatoms. The van der Waals surface area contributed by atoms with E-state index in [0.717, 1.165) is 0 Å². The maximum absolute atomic E-state index is 10.3. The van der Waals surface area contributed by atoms with Crippen molar-refractivity contribution in [3.8, 4) is 11.5 Å². The van der Waals surface area contributed by atoms with Gasteiger partial charge in [0.25, 0.3) is 0 Å². The van der Waals surface area contributed by atoms with Gasteiger partial charge in [0.05, 0.1) is 0 Å². The largest absolute Gasteiger partial charge is 1.00 e. The summed E-state index contributed by atoms with van der Waals surface area (Å²) in [6, 6.07) is 3.75. The van der Waals surface area contributed by atoms with Crippen LogP contribution in [0.15, 0.2) is 18.2 Å². The van der Waals surface area contributed by atoms with E-state index in [2.05, 4.69) is 0 Å². The summed E-state index contributed by atoms with van der Waals surface area (Å²) in [5.74, 6) is -2.21. The smallest absolute Gasteiger partial charge is 1.00 e. The van der Waals surface area contributed by atoms with E-state index in [1.807, 2.05) is 0 Å². The summed E-state index contributed by atoms with van der Waals surface area (Å²) in [7, 11) is 0. The van der Waals surface area contributed by atoms with E-state index in [4.69, 9.17) is 15.3 Å². The van der Waals surface area contributed by atoms with Crippen molar-refractivity contribution in [1.82, 2.24) is 0 Å². The normalized spacial score (nSPS) is 8.67. The predicted molar refractivity (Wildman–Crippen MR) is 37.8 cm³/mol. The van der Waals surface area contributed by atoms with Gasteiger partial charge in [-0.05, 0) is 12.1 Å². The summed E-state index contributed by atoms with van der Waals surface area (Å²) in [5.41, 5.74) is -0.465. The van der Waals surface area contributed by atoms with Crippen molar-refractivity contribution in [2.45, 2.75) is 0 Å². The van der Waals surface area contributed by atoms with Crippen LogP contribution in [0.4, 0.5) is 0 Å². The summed E-state index contributed by atoms with van der Waals surface area (Å²) in [5, 5.41) is 26.3. The van der Waals surface area contributed by atoms with Gasteiger partial charge in [-0.25, -0.2) is 4.79 Å². The molecule has 0 aliphatic heterocycles. The molecule has 0 aliphatic carbocycles. The molecule has 1 aromatic carbocycles. The zero-order chi connectivity index (χ0) is 8.43. The third kappa shape index (κ3) is 2.14. The molecule has 0 heterocycles. The molecular formula is C7H7NaO4. The first kappa shape index (κ1) is 11.3. The van der Waals surface area contributed by atoms with Gasteiger partial charge < -0.3 is 16.7 Å². The number of rotatable bonds is 1. The van der Waals surface area contributed by atoms with Gasteiger partial charge in [-0.2, -0.15) is 0 Å². The van der Waals surface area contributed by atoms with Gasteiger partial charge in [0.1, 0.15) is 17.1 Å². The Morgan fingerprint density at radius 1 is 1.25 bits per heavy atom. The number of phenols is 2. The topological polar surface area (TPSA) is 77.8 Å². The molecule has 12 heavy (non-hydrogen) atoms. The number of benzene rings is 1. The molecule has 0 fully saturated rings. The third-order valence-corrected chi connectivity index (χ3v) is 1.23. The Morgan fingerprint density at radius 2 is 1.67 bits per heavy atom. The molecule has 0 bridgehead atoms. The van der Waals surface area contributed by atoms with Crippen LogP contribution < -0.4 is 29.6 Å². The van der Waals surface area contributed by atoms with Crippen molar-refractivity contribution in [3.63, 3.8) is 0 Å². The molecule has 0 amide bonds. The van der Waals surface area contributed by atoms with Crippen LogP contribution in [0.2, 0.25) is 0 Å². The fraction of sp³-hybridized carbons (Fsp3) is 0. The standard InChI is InChI=1S/C7H6O4.Na.H/c8-4-2-1-3-5(9)6(4)7(10)11;;/h1-3,8-9H,(H,10,11);;/q;+1;-1. The van der Waals surface area contributed by atoms with Crippen molar-refractivity contribution in [1.29, 1.82) is 0 Å². The monoisotopic (exact) mass is 178 g/mol. The Morgan fingerprint density at radius 3 is 1.92 bits per heavy atom. The average Bonchev–Trinajstić information content (AvgIpc) is 1.85. The molecule has 0 saturated carbocycles. The van der Waals surface area contributed by atoms with E-state index in [0.29, 0.717) is 0 Å². The van der Waals surface area contributed by atoms with E-state index in [-0.39, 0.29) is 31.0 Å². The van der Waals surface area contributed by atoms with E-state index in [9.17, 15) is 4.79 Å². The van der Waals surface area contributed by atoms with Crippen molar-refractivity contribution in [2.24, 2.45) is 0 Å². The number of carbonyl (C=O) groups is 1. The zero-order valence-corrected chi connectivity index (χ0v) is 8.48. The molecule has 1 aromatic rings. The number of carboxylic acid groups (broad SMARTS) is 1. The SMILES string of the molecule is O=C(O)c1c(O)cccc1O.[H-].[Na+]. The summed E-state index contributed by atoms with van der Waals surface area (Å²) in [6.45, 7) is 0. The van der Waals surface area contributed by atoms with Crippen LogP contribution in [0.5, 0.6) is 11.5 Å². The van der Waals surface area contributed by atoms with Crippen LogP contribution >= 0.6 is 0 Å². The molecular weight excluding hydrogens is 171 g/mol. The van der Waals surface area contributed by atoms with E-state index < -0.39 is 23.0 Å². The van der Waals surface area contributed by atoms with Crippen LogP contribution in [0.1, 0.15) is 11.8 Å². The van der Waals surface area contributed by atoms with Crippen LogP contribution in [-0.2, 0) is 0 Å². The van der Waals surface area contributed by atoms with Crippen molar-refractivity contribution >= 4 is 5.97 Å². The van der Waals surface area contributed by atoms with Crippen LogP contribution in [0.25, 0.3) is 0 Å². The van der Waals surface area contributed by atoms with Gasteiger partial charge in [0.2, 0.25) is 0 Å². The molecule has 0 spiro atoms. The van der Waals surface area contributed by atoms with Crippen LogP contribution in [0, 0.1) is 0 Å². The maximum Gasteiger partial charge on any atom is 1.00 e. The first-order valence-electron chi connectivity index (χ1n) is 2.87. The molecule has 0 unspecified atom stereocenters. The number of hydrogen-bond acceptors (Lipinski definition) is 3. The molecule has 1 rings (SSSR count). The Hall–Kier alpha value is -0.710. The number of hydrogen-bond donors (Lipinski definition) is 3. The fourth-order valence-electron chi connectivity index (χ4n) is 0.747. The van der Waals surface area contributed by atoms with Gasteiger partial charge in [-0.1, -0.05) is 6.07 Å². The number of carboxylic acids is 1. The average molecular weight is 178 g/mol. The molecule has 4 nitrogen and oxygen atoms in total. The quantitative estimate of drug-likeness (QED) is 0.431. The Labute approximate surface area is 92.2 Å². The van der Waals surface area contributed by atoms with E-state index in [1.165, 1.54) is 18.2 Å². The Bertz CT molecular complexity index is 282. The summed E-state index contributed by atoms with van der Waals surface area (Å²) in [4.78, 5) is 10.3. The molecule has 0 saturated heterocycles. The molecule has 0 aliphatic rings. The minimum absolute atomic E-state index is 0. The number of aromatic carboxylic acids is 1. The molecule has 0 aromatic heterocycles. The van der Waals surface area contributed by atoms with E-state index in [1.54, 1.807) is 0 Å². The minimum atomic E-state index is -1.35. The zero-order valence-electron chi connectivity index (χ0n) is 7.48.